The number of piperazine rings is 1. The molecule has 1 atom stereocenters. The van der Waals surface area contributed by atoms with Crippen LogP contribution in [0.5, 0.6) is 11.5 Å². The molecule has 1 aromatic heterocycles. The molecule has 8 nitrogen and oxygen atoms in total. The van der Waals surface area contributed by atoms with E-state index in [4.69, 9.17) is 9.47 Å². The van der Waals surface area contributed by atoms with Crippen molar-refractivity contribution >= 4 is 11.8 Å². The van der Waals surface area contributed by atoms with Gasteiger partial charge in [-0.1, -0.05) is 12.1 Å². The molecule has 0 N–H and O–H groups in total. The van der Waals surface area contributed by atoms with Gasteiger partial charge < -0.3 is 19.3 Å². The van der Waals surface area contributed by atoms with E-state index in [2.05, 4.69) is 5.10 Å². The van der Waals surface area contributed by atoms with Gasteiger partial charge in [0, 0.05) is 37.4 Å². The van der Waals surface area contributed by atoms with Crippen LogP contribution in [0, 0.1) is 13.8 Å². The number of benzene rings is 2. The molecule has 0 radical (unpaired) electrons. The van der Waals surface area contributed by atoms with Crippen LogP contribution in [-0.4, -0.2) is 70.3 Å². The van der Waals surface area contributed by atoms with E-state index < -0.39 is 6.10 Å². The number of ether oxygens (including phenoxy) is 2. The van der Waals surface area contributed by atoms with Crippen molar-refractivity contribution in [3.63, 3.8) is 0 Å². The average molecular weight is 447 g/mol. The number of aromatic nitrogens is 2. The van der Waals surface area contributed by atoms with Crippen LogP contribution in [-0.2, 0) is 4.79 Å². The maximum absolute atomic E-state index is 13.0. The van der Waals surface area contributed by atoms with Crippen molar-refractivity contribution in [1.82, 2.24) is 19.6 Å². The van der Waals surface area contributed by atoms with E-state index in [-0.39, 0.29) is 18.4 Å². The summed E-state index contributed by atoms with van der Waals surface area (Å²) in [6, 6.07) is 16.8. The van der Waals surface area contributed by atoms with Crippen LogP contribution in [0.1, 0.15) is 21.7 Å². The summed E-state index contributed by atoms with van der Waals surface area (Å²) in [5.74, 6) is 1.10. The summed E-state index contributed by atoms with van der Waals surface area (Å²) in [5, 5.41) is 4.49. The predicted molar refractivity (Wildman–Crippen MR) is 122 cm³/mol. The molecule has 3 aromatic rings. The van der Waals surface area contributed by atoms with Crippen molar-refractivity contribution in [2.24, 2.45) is 0 Å². The molecular formula is C25H26N4O4. The Balaban J connectivity index is 1.18. The minimum absolute atomic E-state index is 0.0341. The summed E-state index contributed by atoms with van der Waals surface area (Å²) in [6.07, 6.45) is -0.663. The van der Waals surface area contributed by atoms with Gasteiger partial charge in [0.05, 0.1) is 11.4 Å². The van der Waals surface area contributed by atoms with E-state index in [0.29, 0.717) is 43.2 Å². The van der Waals surface area contributed by atoms with Gasteiger partial charge in [-0.05, 0) is 56.3 Å². The lowest BCUT2D eigenvalue weighted by Gasteiger charge is -2.37. The zero-order valence-corrected chi connectivity index (χ0v) is 18.7. The number of amides is 2. The molecule has 5 rings (SSSR count). The lowest BCUT2D eigenvalue weighted by atomic mass is 10.1. The topological polar surface area (TPSA) is 76.9 Å². The van der Waals surface area contributed by atoms with Crippen LogP contribution in [0.4, 0.5) is 0 Å². The second kappa shape index (κ2) is 8.61. The smallest absolute Gasteiger partial charge is 0.267 e. The van der Waals surface area contributed by atoms with Gasteiger partial charge in [-0.25, -0.2) is 4.68 Å². The number of carbonyl (C=O) groups is 2. The highest BCUT2D eigenvalue weighted by atomic mass is 16.6. The number of aryl methyl sites for hydroxylation is 2. The van der Waals surface area contributed by atoms with E-state index in [1.54, 1.807) is 15.9 Å². The largest absolute Gasteiger partial charge is 0.485 e. The lowest BCUT2D eigenvalue weighted by molar-refractivity contribution is -0.142. The highest BCUT2D eigenvalue weighted by Gasteiger charge is 2.33. The molecule has 1 fully saturated rings. The second-order valence-corrected chi connectivity index (χ2v) is 8.37. The molecule has 33 heavy (non-hydrogen) atoms. The fraction of sp³-hybridized carbons (Fsp3) is 0.320. The van der Waals surface area contributed by atoms with Crippen LogP contribution in [0.2, 0.25) is 0 Å². The molecule has 0 bridgehead atoms. The van der Waals surface area contributed by atoms with Gasteiger partial charge in [0.2, 0.25) is 6.10 Å². The highest BCUT2D eigenvalue weighted by molar-refractivity contribution is 5.94. The van der Waals surface area contributed by atoms with Gasteiger partial charge >= 0.3 is 0 Å². The van der Waals surface area contributed by atoms with Crippen LogP contribution < -0.4 is 9.47 Å². The molecule has 2 aliphatic heterocycles. The minimum Gasteiger partial charge on any atom is -0.485 e. The maximum atomic E-state index is 13.0. The molecule has 2 aliphatic rings. The Morgan fingerprint density at radius 3 is 2.24 bits per heavy atom. The first-order valence-electron chi connectivity index (χ1n) is 11.1. The summed E-state index contributed by atoms with van der Waals surface area (Å²) in [5.41, 5.74) is 3.54. The zero-order chi connectivity index (χ0) is 22.9. The van der Waals surface area contributed by atoms with E-state index in [0.717, 1.165) is 17.1 Å². The number of para-hydroxylation sites is 2. The molecule has 170 valence electrons. The molecule has 2 amide bonds. The molecular weight excluding hydrogens is 420 g/mol. The first kappa shape index (κ1) is 21.1. The molecule has 1 saturated heterocycles. The number of nitrogens with zero attached hydrogens (tertiary/aromatic N) is 4. The van der Waals surface area contributed by atoms with Crippen molar-refractivity contribution in [1.29, 1.82) is 0 Å². The summed E-state index contributed by atoms with van der Waals surface area (Å²) in [4.78, 5) is 29.4. The summed E-state index contributed by atoms with van der Waals surface area (Å²) in [7, 11) is 0. The van der Waals surface area contributed by atoms with Gasteiger partial charge in [-0.15, -0.1) is 0 Å². The highest BCUT2D eigenvalue weighted by Crippen LogP contribution is 2.31. The Kier molecular flexibility index (Phi) is 5.50. The third-order valence-electron chi connectivity index (χ3n) is 6.03. The number of carbonyl (C=O) groups excluding carboxylic acids is 2. The monoisotopic (exact) mass is 446 g/mol. The number of hydrogen-bond donors (Lipinski definition) is 0. The van der Waals surface area contributed by atoms with E-state index in [1.165, 1.54) is 0 Å². The Hall–Kier alpha value is -3.81. The molecule has 3 heterocycles. The Bertz CT molecular complexity index is 1180. The normalized spacial score (nSPS) is 17.7. The molecule has 2 aromatic carbocycles. The van der Waals surface area contributed by atoms with Crippen molar-refractivity contribution in [2.75, 3.05) is 32.8 Å². The van der Waals surface area contributed by atoms with Gasteiger partial charge in [0.1, 0.15) is 6.61 Å². The number of hydrogen-bond acceptors (Lipinski definition) is 5. The van der Waals surface area contributed by atoms with E-state index in [1.807, 2.05) is 67.1 Å². The first-order chi connectivity index (χ1) is 16.0. The van der Waals surface area contributed by atoms with Crippen LogP contribution in [0.15, 0.2) is 54.6 Å². The number of fused-ring (bicyclic) bond motifs is 1. The summed E-state index contributed by atoms with van der Waals surface area (Å²) in [6.45, 7) is 6.05. The minimum atomic E-state index is -0.663. The van der Waals surface area contributed by atoms with Crippen molar-refractivity contribution in [2.45, 2.75) is 20.0 Å². The Morgan fingerprint density at radius 1 is 0.909 bits per heavy atom. The van der Waals surface area contributed by atoms with Crippen molar-refractivity contribution in [3.8, 4) is 17.2 Å². The van der Waals surface area contributed by atoms with Crippen molar-refractivity contribution < 1.29 is 19.1 Å². The Labute approximate surface area is 192 Å². The lowest BCUT2D eigenvalue weighted by Crippen LogP contribution is -2.55. The van der Waals surface area contributed by atoms with Gasteiger partial charge in [-0.2, -0.15) is 5.10 Å². The van der Waals surface area contributed by atoms with Gasteiger partial charge in [0.25, 0.3) is 11.8 Å². The van der Waals surface area contributed by atoms with E-state index in [9.17, 15) is 9.59 Å². The number of rotatable bonds is 3. The molecule has 0 unspecified atom stereocenters. The average Bonchev–Trinajstić information content (AvgIpc) is 3.20. The third kappa shape index (κ3) is 4.16. The van der Waals surface area contributed by atoms with Crippen LogP contribution in [0.3, 0.4) is 0 Å². The van der Waals surface area contributed by atoms with Crippen LogP contribution in [0.25, 0.3) is 5.69 Å². The summed E-state index contributed by atoms with van der Waals surface area (Å²) >= 11 is 0. The quantitative estimate of drug-likeness (QED) is 0.618. The fourth-order valence-corrected chi connectivity index (χ4v) is 4.29. The first-order valence-corrected chi connectivity index (χ1v) is 11.1. The Morgan fingerprint density at radius 2 is 1.58 bits per heavy atom. The second-order valence-electron chi connectivity index (χ2n) is 8.37. The summed E-state index contributed by atoms with van der Waals surface area (Å²) < 4.78 is 13.4. The standard InChI is InChI=1S/C25H26N4O4/c1-17-15-18(2)29(26-17)20-9-7-19(8-10-20)24(30)27-11-13-28(14-12-27)25(31)23-16-32-21-5-3-4-6-22(21)33-23/h3-10,15,23H,11-14,16H2,1-2H3/t23-/m1/s1. The fourth-order valence-electron chi connectivity index (χ4n) is 4.29. The van der Waals surface area contributed by atoms with Crippen molar-refractivity contribution in [3.05, 3.63) is 71.5 Å². The van der Waals surface area contributed by atoms with Gasteiger partial charge in [-0.3, -0.25) is 9.59 Å². The van der Waals surface area contributed by atoms with E-state index >= 15 is 0 Å². The zero-order valence-electron chi connectivity index (χ0n) is 18.7. The molecule has 0 spiro atoms. The molecule has 8 heteroatoms. The SMILES string of the molecule is Cc1cc(C)n(-c2ccc(C(=O)N3CCN(C(=O)[C@H]4COc5ccccc5O4)CC3)cc2)n1. The molecule has 0 aliphatic carbocycles. The third-order valence-corrected chi connectivity index (χ3v) is 6.03. The van der Waals surface area contributed by atoms with Crippen LogP contribution >= 0.6 is 0 Å². The van der Waals surface area contributed by atoms with Gasteiger partial charge in [0.15, 0.2) is 11.5 Å². The predicted octanol–water partition coefficient (Wildman–Crippen LogP) is 2.61. The molecule has 0 saturated carbocycles. The maximum Gasteiger partial charge on any atom is 0.267 e.